The molecule has 0 spiro atoms. The van der Waals surface area contributed by atoms with Gasteiger partial charge in [0, 0.05) is 17.7 Å². The third-order valence-electron chi connectivity index (χ3n) is 2.52. The van der Waals surface area contributed by atoms with Gasteiger partial charge in [0.2, 0.25) is 0 Å². The molecule has 1 heterocycles. The molecule has 0 aliphatic carbocycles. The van der Waals surface area contributed by atoms with Crippen LogP contribution in [0.3, 0.4) is 0 Å². The molecule has 1 aromatic carbocycles. The van der Waals surface area contributed by atoms with Crippen molar-refractivity contribution in [3.63, 3.8) is 0 Å². The van der Waals surface area contributed by atoms with Gasteiger partial charge in [0.05, 0.1) is 7.11 Å². The number of nitrogens with two attached hydrogens (primary N) is 1. The van der Waals surface area contributed by atoms with E-state index in [1.807, 2.05) is 12.1 Å². The summed E-state index contributed by atoms with van der Waals surface area (Å²) in [6, 6.07) is 5.46. The maximum Gasteiger partial charge on any atom is 0.183 e. The van der Waals surface area contributed by atoms with Crippen LogP contribution in [0.25, 0.3) is 11.4 Å². The van der Waals surface area contributed by atoms with Crippen LogP contribution in [-0.2, 0) is 6.42 Å². The number of aryl methyl sites for hydroxylation is 1. The van der Waals surface area contributed by atoms with E-state index in [0.29, 0.717) is 11.5 Å². The summed E-state index contributed by atoms with van der Waals surface area (Å²) in [5.41, 5.74) is 7.35. The number of nitrogens with zero attached hydrogens (tertiary/aromatic N) is 2. The summed E-state index contributed by atoms with van der Waals surface area (Å²) in [5, 5.41) is 7.08. The number of nitrogens with one attached hydrogen (secondary N) is 1. The quantitative estimate of drug-likeness (QED) is 0.790. The molecule has 1 aromatic heterocycles. The minimum Gasteiger partial charge on any atom is -0.497 e. The summed E-state index contributed by atoms with van der Waals surface area (Å²) in [6.45, 7) is 2.10. The molecular formula is C12H16N4O. The SMILES string of the molecule is CCCc1nc(-c2cc(OC)ccc2N)n[nH]1. The molecule has 2 rings (SSSR count). The van der Waals surface area contributed by atoms with E-state index in [0.717, 1.165) is 30.0 Å². The van der Waals surface area contributed by atoms with Crippen LogP contribution < -0.4 is 10.5 Å². The zero-order chi connectivity index (χ0) is 12.3. The second-order valence-corrected chi connectivity index (χ2v) is 3.81. The fourth-order valence-electron chi connectivity index (χ4n) is 1.62. The van der Waals surface area contributed by atoms with Gasteiger partial charge in [0.15, 0.2) is 5.82 Å². The Hall–Kier alpha value is -2.04. The van der Waals surface area contributed by atoms with Crippen LogP contribution in [0, 0.1) is 0 Å². The van der Waals surface area contributed by atoms with Crippen LogP contribution in [-0.4, -0.2) is 22.3 Å². The zero-order valence-electron chi connectivity index (χ0n) is 10.0. The van der Waals surface area contributed by atoms with E-state index >= 15 is 0 Å². The molecule has 0 radical (unpaired) electrons. The molecule has 0 aliphatic heterocycles. The van der Waals surface area contributed by atoms with Gasteiger partial charge in [-0.1, -0.05) is 6.92 Å². The standard InChI is InChI=1S/C12H16N4O/c1-3-4-11-14-12(16-15-11)9-7-8(17-2)5-6-10(9)13/h5-7H,3-4,13H2,1-2H3,(H,14,15,16). The first kappa shape index (κ1) is 11.4. The molecule has 0 amide bonds. The van der Waals surface area contributed by atoms with Crippen molar-refractivity contribution < 1.29 is 4.74 Å². The molecular weight excluding hydrogens is 216 g/mol. The van der Waals surface area contributed by atoms with E-state index in [1.165, 1.54) is 0 Å². The number of aromatic nitrogens is 3. The molecule has 5 heteroatoms. The molecule has 0 saturated heterocycles. The lowest BCUT2D eigenvalue weighted by molar-refractivity contribution is 0.415. The third kappa shape index (κ3) is 2.38. The first-order chi connectivity index (χ1) is 8.24. The number of ether oxygens (including phenoxy) is 1. The Balaban J connectivity index is 2.37. The van der Waals surface area contributed by atoms with Crippen LogP contribution in [0.2, 0.25) is 0 Å². The number of methoxy groups -OCH3 is 1. The van der Waals surface area contributed by atoms with Gasteiger partial charge in [0.1, 0.15) is 11.6 Å². The molecule has 0 aliphatic rings. The Morgan fingerprint density at radius 1 is 1.41 bits per heavy atom. The summed E-state index contributed by atoms with van der Waals surface area (Å²) in [4.78, 5) is 4.40. The van der Waals surface area contributed by atoms with E-state index in [1.54, 1.807) is 13.2 Å². The van der Waals surface area contributed by atoms with Crippen LogP contribution in [0.4, 0.5) is 5.69 Å². The summed E-state index contributed by atoms with van der Waals surface area (Å²) in [6.07, 6.45) is 1.92. The normalized spacial score (nSPS) is 10.5. The van der Waals surface area contributed by atoms with Gasteiger partial charge in [-0.25, -0.2) is 4.98 Å². The highest BCUT2D eigenvalue weighted by molar-refractivity contribution is 5.72. The fraction of sp³-hybridized carbons (Fsp3) is 0.333. The number of rotatable bonds is 4. The van der Waals surface area contributed by atoms with Crippen LogP contribution >= 0.6 is 0 Å². The predicted molar refractivity (Wildman–Crippen MR) is 66.8 cm³/mol. The van der Waals surface area contributed by atoms with Gasteiger partial charge in [-0.2, -0.15) is 5.10 Å². The lowest BCUT2D eigenvalue weighted by Crippen LogP contribution is -1.93. The summed E-state index contributed by atoms with van der Waals surface area (Å²) in [5.74, 6) is 2.24. The molecule has 3 N–H and O–H groups in total. The molecule has 90 valence electrons. The number of H-pyrrole nitrogens is 1. The molecule has 5 nitrogen and oxygen atoms in total. The average molecular weight is 232 g/mol. The van der Waals surface area contributed by atoms with E-state index in [4.69, 9.17) is 10.5 Å². The highest BCUT2D eigenvalue weighted by Gasteiger charge is 2.10. The summed E-state index contributed by atoms with van der Waals surface area (Å²) in [7, 11) is 1.62. The minimum absolute atomic E-state index is 0.616. The Labute approximate surface area is 100 Å². The molecule has 0 fully saturated rings. The van der Waals surface area contributed by atoms with Crippen molar-refractivity contribution in [2.75, 3.05) is 12.8 Å². The van der Waals surface area contributed by atoms with Crippen molar-refractivity contribution in [2.45, 2.75) is 19.8 Å². The molecule has 0 atom stereocenters. The zero-order valence-corrected chi connectivity index (χ0v) is 10.0. The largest absolute Gasteiger partial charge is 0.497 e. The number of nitrogen functional groups attached to an aromatic ring is 1. The number of anilines is 1. The van der Waals surface area contributed by atoms with E-state index in [9.17, 15) is 0 Å². The Bertz CT molecular complexity index is 507. The average Bonchev–Trinajstić information content (AvgIpc) is 2.79. The van der Waals surface area contributed by atoms with Gasteiger partial charge in [0.25, 0.3) is 0 Å². The molecule has 2 aromatic rings. The minimum atomic E-state index is 0.616. The summed E-state index contributed by atoms with van der Waals surface area (Å²) < 4.78 is 5.16. The smallest absolute Gasteiger partial charge is 0.183 e. The van der Waals surface area contributed by atoms with Gasteiger partial charge in [-0.3, -0.25) is 5.10 Å². The molecule has 0 saturated carbocycles. The predicted octanol–water partition coefficient (Wildman–Crippen LogP) is 2.02. The van der Waals surface area contributed by atoms with Crippen LogP contribution in [0.5, 0.6) is 5.75 Å². The van der Waals surface area contributed by atoms with Crippen molar-refractivity contribution >= 4 is 5.69 Å². The molecule has 17 heavy (non-hydrogen) atoms. The van der Waals surface area contributed by atoms with Gasteiger partial charge in [-0.05, 0) is 24.6 Å². The second-order valence-electron chi connectivity index (χ2n) is 3.81. The lowest BCUT2D eigenvalue weighted by atomic mass is 10.1. The lowest BCUT2D eigenvalue weighted by Gasteiger charge is -2.04. The third-order valence-corrected chi connectivity index (χ3v) is 2.52. The summed E-state index contributed by atoms with van der Waals surface area (Å²) >= 11 is 0. The number of benzene rings is 1. The van der Waals surface area contributed by atoms with Crippen LogP contribution in [0.15, 0.2) is 18.2 Å². The monoisotopic (exact) mass is 232 g/mol. The Kier molecular flexibility index (Phi) is 3.27. The fourth-order valence-corrected chi connectivity index (χ4v) is 1.62. The highest BCUT2D eigenvalue weighted by atomic mass is 16.5. The Morgan fingerprint density at radius 2 is 2.24 bits per heavy atom. The van der Waals surface area contributed by atoms with Crippen molar-refractivity contribution in [2.24, 2.45) is 0 Å². The van der Waals surface area contributed by atoms with Gasteiger partial charge >= 0.3 is 0 Å². The highest BCUT2D eigenvalue weighted by Crippen LogP contribution is 2.27. The van der Waals surface area contributed by atoms with Crippen molar-refractivity contribution in [3.8, 4) is 17.1 Å². The van der Waals surface area contributed by atoms with E-state index in [-0.39, 0.29) is 0 Å². The first-order valence-electron chi connectivity index (χ1n) is 5.59. The maximum atomic E-state index is 5.91. The molecule has 0 unspecified atom stereocenters. The number of hydrogen-bond acceptors (Lipinski definition) is 4. The topological polar surface area (TPSA) is 76.8 Å². The van der Waals surface area contributed by atoms with Crippen molar-refractivity contribution in [1.82, 2.24) is 15.2 Å². The second kappa shape index (κ2) is 4.86. The van der Waals surface area contributed by atoms with Crippen molar-refractivity contribution in [3.05, 3.63) is 24.0 Å². The van der Waals surface area contributed by atoms with Gasteiger partial charge in [-0.15, -0.1) is 0 Å². The van der Waals surface area contributed by atoms with E-state index in [2.05, 4.69) is 22.1 Å². The maximum absolute atomic E-state index is 5.91. The van der Waals surface area contributed by atoms with E-state index < -0.39 is 0 Å². The number of aromatic amines is 1. The van der Waals surface area contributed by atoms with Gasteiger partial charge < -0.3 is 10.5 Å². The molecule has 0 bridgehead atoms. The first-order valence-corrected chi connectivity index (χ1v) is 5.59. The van der Waals surface area contributed by atoms with Crippen LogP contribution in [0.1, 0.15) is 19.2 Å². The Morgan fingerprint density at radius 3 is 2.94 bits per heavy atom. The van der Waals surface area contributed by atoms with Crippen molar-refractivity contribution in [1.29, 1.82) is 0 Å². The number of hydrogen-bond donors (Lipinski definition) is 2.